The number of nitrogens with zero attached hydrogens (tertiary/aromatic N) is 2. The van der Waals surface area contributed by atoms with Crippen molar-refractivity contribution in [1.82, 2.24) is 10.3 Å². The molecule has 0 atom stereocenters. The average molecular weight is 355 g/mol. The van der Waals surface area contributed by atoms with Gasteiger partial charge in [-0.1, -0.05) is 0 Å². The molecule has 2 heterocycles. The fourth-order valence-electron chi connectivity index (χ4n) is 2.41. The average Bonchev–Trinajstić information content (AvgIpc) is 3.24. The highest BCUT2D eigenvalue weighted by Crippen LogP contribution is 2.38. The molecule has 0 bridgehead atoms. The molecule has 1 N–H and O–H groups in total. The van der Waals surface area contributed by atoms with Crippen LogP contribution in [-0.4, -0.2) is 42.2 Å². The van der Waals surface area contributed by atoms with E-state index < -0.39 is 17.6 Å². The summed E-state index contributed by atoms with van der Waals surface area (Å²) in [4.78, 5) is 17.6. The Kier molecular flexibility index (Phi) is 4.47. The van der Waals surface area contributed by atoms with Crippen molar-refractivity contribution in [2.24, 2.45) is 5.92 Å². The first-order valence-electron chi connectivity index (χ1n) is 8.38. The van der Waals surface area contributed by atoms with Crippen LogP contribution in [0.25, 0.3) is 0 Å². The van der Waals surface area contributed by atoms with Crippen LogP contribution in [0.5, 0.6) is 11.8 Å². The van der Waals surface area contributed by atoms with Crippen molar-refractivity contribution in [2.45, 2.75) is 45.1 Å². The molecule has 1 saturated heterocycles. The number of hydrogen-bond donors (Lipinski definition) is 1. The number of rotatable bonds is 5. The van der Waals surface area contributed by atoms with Crippen molar-refractivity contribution in [3.63, 3.8) is 0 Å². The number of ether oxygens (including phenoxy) is 2. The quantitative estimate of drug-likeness (QED) is 0.879. The van der Waals surface area contributed by atoms with Crippen LogP contribution in [0.15, 0.2) is 12.1 Å². The van der Waals surface area contributed by atoms with Crippen LogP contribution in [0.4, 0.5) is 19.3 Å². The Hall–Kier alpha value is -2.12. The molecule has 0 aromatic carbocycles. The minimum Gasteiger partial charge on any atom is -0.476 e. The maximum Gasteiger partial charge on any atom is 0.414 e. The third-order valence-electron chi connectivity index (χ3n) is 3.83. The molecule has 3 rings (SSSR count). The second-order valence-corrected chi connectivity index (χ2v) is 7.70. The number of pyridine rings is 1. The van der Waals surface area contributed by atoms with Crippen LogP contribution >= 0.6 is 0 Å². The number of carbonyl (C=O) groups is 1. The Morgan fingerprint density at radius 2 is 2.04 bits per heavy atom. The molecule has 1 aromatic heterocycles. The summed E-state index contributed by atoms with van der Waals surface area (Å²) >= 11 is 0. The van der Waals surface area contributed by atoms with Crippen molar-refractivity contribution in [3.05, 3.63) is 12.1 Å². The van der Waals surface area contributed by atoms with Crippen molar-refractivity contribution in [1.29, 1.82) is 0 Å². The van der Waals surface area contributed by atoms with Gasteiger partial charge in [0.05, 0.1) is 19.7 Å². The summed E-state index contributed by atoms with van der Waals surface area (Å²) in [5.74, 6) is -1.90. The standard InChI is InChI=1S/C17H23F2N3O3/c1-16(2,3)21-15(23)25-13-7-6-12(22-9-17(18,19)10-22)14(20-13)24-8-11-4-5-11/h6-7,11H,4-5,8-10H2,1-3H3,(H,21,23). The first-order chi connectivity index (χ1) is 11.6. The van der Waals surface area contributed by atoms with E-state index in [0.717, 1.165) is 12.8 Å². The summed E-state index contributed by atoms with van der Waals surface area (Å²) in [6.45, 7) is 5.26. The smallest absolute Gasteiger partial charge is 0.414 e. The zero-order chi connectivity index (χ0) is 18.2. The van der Waals surface area contributed by atoms with Gasteiger partial charge in [-0.3, -0.25) is 0 Å². The molecular formula is C17H23F2N3O3. The maximum atomic E-state index is 13.2. The SMILES string of the molecule is CC(C)(C)NC(=O)Oc1ccc(N2CC(F)(F)C2)c(OCC2CC2)n1. The molecule has 25 heavy (non-hydrogen) atoms. The van der Waals surface area contributed by atoms with Gasteiger partial charge in [0.15, 0.2) is 0 Å². The molecule has 2 aliphatic rings. The van der Waals surface area contributed by atoms with Gasteiger partial charge in [-0.15, -0.1) is 0 Å². The summed E-state index contributed by atoms with van der Waals surface area (Å²) in [5.41, 5.74) is 0.0566. The minimum absolute atomic E-state index is 0.0728. The number of aromatic nitrogens is 1. The van der Waals surface area contributed by atoms with Gasteiger partial charge >= 0.3 is 6.09 Å². The predicted octanol–water partition coefficient (Wildman–Crippen LogP) is 3.21. The third-order valence-corrected chi connectivity index (χ3v) is 3.83. The van der Waals surface area contributed by atoms with Gasteiger partial charge in [0, 0.05) is 11.6 Å². The minimum atomic E-state index is -2.68. The van der Waals surface area contributed by atoms with Crippen molar-refractivity contribution in [3.8, 4) is 11.8 Å². The Morgan fingerprint density at radius 1 is 1.36 bits per heavy atom. The molecule has 1 saturated carbocycles. The zero-order valence-electron chi connectivity index (χ0n) is 14.6. The van der Waals surface area contributed by atoms with E-state index >= 15 is 0 Å². The van der Waals surface area contributed by atoms with Crippen molar-refractivity contribution >= 4 is 11.8 Å². The van der Waals surface area contributed by atoms with Gasteiger partial charge in [0.1, 0.15) is 5.69 Å². The van der Waals surface area contributed by atoms with Gasteiger partial charge in [-0.2, -0.15) is 4.98 Å². The number of amides is 1. The number of alkyl halides is 2. The van der Waals surface area contributed by atoms with E-state index in [2.05, 4.69) is 10.3 Å². The first kappa shape index (κ1) is 17.7. The Bertz CT molecular complexity index is 649. The molecule has 1 aliphatic heterocycles. The van der Waals surface area contributed by atoms with Crippen molar-refractivity contribution in [2.75, 3.05) is 24.6 Å². The monoisotopic (exact) mass is 355 g/mol. The molecule has 2 fully saturated rings. The summed E-state index contributed by atoms with van der Waals surface area (Å²) in [7, 11) is 0. The predicted molar refractivity (Wildman–Crippen MR) is 88.5 cm³/mol. The van der Waals surface area contributed by atoms with E-state index in [9.17, 15) is 13.6 Å². The molecule has 138 valence electrons. The molecule has 0 spiro atoms. The second-order valence-electron chi connectivity index (χ2n) is 7.70. The molecule has 8 heteroatoms. The van der Waals surface area contributed by atoms with Gasteiger partial charge in [-0.25, -0.2) is 13.6 Å². The van der Waals surface area contributed by atoms with Crippen LogP contribution < -0.4 is 19.7 Å². The van der Waals surface area contributed by atoms with Gasteiger partial charge in [-0.05, 0) is 45.6 Å². The summed E-state index contributed by atoms with van der Waals surface area (Å²) in [6.07, 6.45) is 1.57. The van der Waals surface area contributed by atoms with Crippen LogP contribution in [-0.2, 0) is 0 Å². The summed E-state index contributed by atoms with van der Waals surface area (Å²) < 4.78 is 37.2. The topological polar surface area (TPSA) is 63.7 Å². The van der Waals surface area contributed by atoms with Crippen LogP contribution in [0.1, 0.15) is 33.6 Å². The van der Waals surface area contributed by atoms with Crippen LogP contribution in [0.2, 0.25) is 0 Å². The summed E-state index contributed by atoms with van der Waals surface area (Å²) in [5, 5.41) is 2.67. The largest absolute Gasteiger partial charge is 0.476 e. The Balaban J connectivity index is 1.71. The van der Waals surface area contributed by atoms with E-state index in [4.69, 9.17) is 9.47 Å². The lowest BCUT2D eigenvalue weighted by Gasteiger charge is -2.40. The van der Waals surface area contributed by atoms with E-state index in [-0.39, 0.29) is 24.8 Å². The molecule has 1 amide bonds. The summed E-state index contributed by atoms with van der Waals surface area (Å²) in [6, 6.07) is 3.09. The Morgan fingerprint density at radius 3 is 2.60 bits per heavy atom. The fraction of sp³-hybridized carbons (Fsp3) is 0.647. The number of carbonyl (C=O) groups excluding carboxylic acids is 1. The third kappa shape index (κ3) is 4.93. The zero-order valence-corrected chi connectivity index (χ0v) is 14.6. The number of nitrogens with one attached hydrogen (secondary N) is 1. The lowest BCUT2D eigenvalue weighted by molar-refractivity contribution is -0.0265. The molecule has 0 unspecified atom stereocenters. The highest BCUT2D eigenvalue weighted by atomic mass is 19.3. The van der Waals surface area contributed by atoms with E-state index in [0.29, 0.717) is 18.2 Å². The van der Waals surface area contributed by atoms with E-state index in [1.165, 1.54) is 11.0 Å². The second kappa shape index (κ2) is 6.31. The molecular weight excluding hydrogens is 332 g/mol. The van der Waals surface area contributed by atoms with E-state index in [1.807, 2.05) is 20.8 Å². The molecule has 1 aliphatic carbocycles. The van der Waals surface area contributed by atoms with E-state index in [1.54, 1.807) is 6.07 Å². The molecule has 0 radical (unpaired) electrons. The molecule has 6 nitrogen and oxygen atoms in total. The van der Waals surface area contributed by atoms with Crippen molar-refractivity contribution < 1.29 is 23.0 Å². The highest BCUT2D eigenvalue weighted by molar-refractivity contribution is 5.71. The number of anilines is 1. The Labute approximate surface area is 145 Å². The highest BCUT2D eigenvalue weighted by Gasteiger charge is 2.45. The normalized spacial score (nSPS) is 19.2. The van der Waals surface area contributed by atoms with Gasteiger partial charge < -0.3 is 19.7 Å². The number of halogens is 2. The molecule has 1 aromatic rings. The van der Waals surface area contributed by atoms with Crippen LogP contribution in [0.3, 0.4) is 0 Å². The van der Waals surface area contributed by atoms with Crippen LogP contribution in [0, 0.1) is 5.92 Å². The van der Waals surface area contributed by atoms with Gasteiger partial charge in [0.2, 0.25) is 11.8 Å². The lowest BCUT2D eigenvalue weighted by atomic mass is 10.1. The number of hydrogen-bond acceptors (Lipinski definition) is 5. The lowest BCUT2D eigenvalue weighted by Crippen LogP contribution is -2.56. The van der Waals surface area contributed by atoms with Gasteiger partial charge in [0.25, 0.3) is 5.92 Å². The fourth-order valence-corrected chi connectivity index (χ4v) is 2.41. The first-order valence-corrected chi connectivity index (χ1v) is 8.38. The maximum absolute atomic E-state index is 13.2.